The summed E-state index contributed by atoms with van der Waals surface area (Å²) in [7, 11) is 0. The number of carboxylic acids is 1. The number of nitrogens with zero attached hydrogens (tertiary/aromatic N) is 1. The highest BCUT2D eigenvalue weighted by molar-refractivity contribution is 8.00. The van der Waals surface area contributed by atoms with Crippen LogP contribution in [0.25, 0.3) is 0 Å². The predicted octanol–water partition coefficient (Wildman–Crippen LogP) is 1.13. The Kier molecular flexibility index (Phi) is 4.95. The minimum atomic E-state index is -1.10. The molecule has 0 aliphatic carbocycles. The van der Waals surface area contributed by atoms with Crippen LogP contribution in [-0.4, -0.2) is 38.9 Å². The van der Waals surface area contributed by atoms with Crippen LogP contribution >= 0.6 is 35.8 Å². The first kappa shape index (κ1) is 15.2. The highest BCUT2D eigenvalue weighted by Crippen LogP contribution is 2.40. The Labute approximate surface area is 119 Å². The summed E-state index contributed by atoms with van der Waals surface area (Å²) in [6.07, 6.45) is 1.95. The van der Waals surface area contributed by atoms with Crippen LogP contribution in [0.2, 0.25) is 0 Å². The number of aliphatic carboxylic acids is 1. The molecule has 0 radical (unpaired) electrons. The van der Waals surface area contributed by atoms with E-state index in [1.165, 1.54) is 16.7 Å². The number of thioether (sulfide) groups is 1. The zero-order chi connectivity index (χ0) is 12.6. The number of hydrogen-bond acceptors (Lipinski definition) is 4. The van der Waals surface area contributed by atoms with Crippen LogP contribution in [-0.2, 0) is 9.59 Å². The lowest BCUT2D eigenvalue weighted by Gasteiger charge is -2.43. The molecule has 0 saturated carbocycles. The summed E-state index contributed by atoms with van der Waals surface area (Å²) in [5.41, 5.74) is 6.57. The summed E-state index contributed by atoms with van der Waals surface area (Å²) < 4.78 is 0. The fourth-order valence-corrected chi connectivity index (χ4v) is 3.11. The largest absolute Gasteiger partial charge is 0.477 e. The van der Waals surface area contributed by atoms with Crippen molar-refractivity contribution < 1.29 is 14.7 Å². The lowest BCUT2D eigenvalue weighted by atomic mass is 10.1. The molecule has 2 rings (SSSR count). The second kappa shape index (κ2) is 5.86. The molecule has 1 saturated heterocycles. The maximum absolute atomic E-state index is 11.4. The van der Waals surface area contributed by atoms with Gasteiger partial charge >= 0.3 is 5.97 Å². The number of carbonyl (C=O) groups excluding carboxylic acids is 1. The Balaban J connectivity index is 0.00000162. The molecule has 1 atom stereocenters. The van der Waals surface area contributed by atoms with Crippen LogP contribution in [0.15, 0.2) is 23.0 Å². The van der Waals surface area contributed by atoms with Crippen molar-refractivity contribution in [2.45, 2.75) is 11.8 Å². The van der Waals surface area contributed by atoms with Gasteiger partial charge in [-0.05, 0) is 11.6 Å². The molecule has 1 fully saturated rings. The molecule has 0 bridgehead atoms. The summed E-state index contributed by atoms with van der Waals surface area (Å²) in [5, 5.41) is 9.13. The predicted molar refractivity (Wildman–Crippen MR) is 72.6 cm³/mol. The van der Waals surface area contributed by atoms with Gasteiger partial charge in [-0.3, -0.25) is 9.69 Å². The van der Waals surface area contributed by atoms with E-state index >= 15 is 0 Å². The van der Waals surface area contributed by atoms with Gasteiger partial charge in [-0.15, -0.1) is 35.8 Å². The van der Waals surface area contributed by atoms with Gasteiger partial charge in [-0.2, -0.15) is 0 Å². The van der Waals surface area contributed by atoms with Crippen LogP contribution in [0.3, 0.4) is 0 Å². The summed E-state index contributed by atoms with van der Waals surface area (Å²) in [6, 6.07) is 0. The number of alkyl halides is 1. The molecule has 0 aromatic rings. The van der Waals surface area contributed by atoms with Crippen molar-refractivity contribution in [2.24, 2.45) is 5.73 Å². The van der Waals surface area contributed by atoms with Crippen molar-refractivity contribution in [1.29, 1.82) is 0 Å². The van der Waals surface area contributed by atoms with E-state index in [-0.39, 0.29) is 35.3 Å². The number of nitrogens with two attached hydrogens (primary N) is 1. The highest BCUT2D eigenvalue weighted by atomic mass is 35.5. The smallest absolute Gasteiger partial charge is 0.352 e. The van der Waals surface area contributed by atoms with E-state index in [4.69, 9.17) is 17.3 Å². The zero-order valence-electron chi connectivity index (χ0n) is 9.26. The van der Waals surface area contributed by atoms with Crippen molar-refractivity contribution in [1.82, 2.24) is 4.90 Å². The molecule has 2 aliphatic heterocycles. The maximum Gasteiger partial charge on any atom is 0.352 e. The third-order valence-corrected chi connectivity index (χ3v) is 4.15. The van der Waals surface area contributed by atoms with Crippen LogP contribution in [0.5, 0.6) is 0 Å². The van der Waals surface area contributed by atoms with E-state index in [9.17, 15) is 14.7 Å². The molecule has 3 N–H and O–H groups in total. The Morgan fingerprint density at radius 1 is 1.67 bits per heavy atom. The standard InChI is InChI=1S/C10H11ClN2O3S.ClH/c11-3-6(12)1-5-4-17-8-2-7(14)13(8)9(5)10(15)16;/h1,8H,2-4,12H2,(H,15,16);1H/b6-1-;. The molecule has 1 amide bonds. The van der Waals surface area contributed by atoms with Crippen molar-refractivity contribution in [2.75, 3.05) is 11.6 Å². The molecule has 8 heteroatoms. The fraction of sp³-hybridized carbons (Fsp3) is 0.400. The van der Waals surface area contributed by atoms with Gasteiger partial charge in [0.2, 0.25) is 5.91 Å². The zero-order valence-corrected chi connectivity index (χ0v) is 11.6. The van der Waals surface area contributed by atoms with Crippen molar-refractivity contribution in [3.63, 3.8) is 0 Å². The van der Waals surface area contributed by atoms with Crippen molar-refractivity contribution in [3.8, 4) is 0 Å². The maximum atomic E-state index is 11.4. The average Bonchev–Trinajstić information content (AvgIpc) is 2.28. The first-order valence-electron chi connectivity index (χ1n) is 4.96. The van der Waals surface area contributed by atoms with E-state index in [1.54, 1.807) is 6.08 Å². The van der Waals surface area contributed by atoms with Crippen molar-refractivity contribution >= 4 is 47.6 Å². The molecule has 0 aromatic carbocycles. The minimum absolute atomic E-state index is 0. The molecule has 18 heavy (non-hydrogen) atoms. The number of carbonyl (C=O) groups is 2. The van der Waals surface area contributed by atoms with E-state index in [2.05, 4.69) is 0 Å². The van der Waals surface area contributed by atoms with Crippen molar-refractivity contribution in [3.05, 3.63) is 23.0 Å². The Hall–Kier alpha value is -0.850. The van der Waals surface area contributed by atoms with Crippen LogP contribution < -0.4 is 5.73 Å². The fourth-order valence-electron chi connectivity index (χ4n) is 1.81. The van der Waals surface area contributed by atoms with Gasteiger partial charge in [0.1, 0.15) is 5.70 Å². The normalized spacial score (nSPS) is 23.2. The van der Waals surface area contributed by atoms with Crippen LogP contribution in [0, 0.1) is 0 Å². The van der Waals surface area contributed by atoms with Gasteiger partial charge in [0.05, 0.1) is 17.7 Å². The van der Waals surface area contributed by atoms with E-state index in [0.717, 1.165) is 0 Å². The average molecular weight is 311 g/mol. The highest BCUT2D eigenvalue weighted by Gasteiger charge is 2.44. The van der Waals surface area contributed by atoms with E-state index in [1.807, 2.05) is 0 Å². The third kappa shape index (κ3) is 2.60. The number of amides is 1. The number of rotatable bonds is 3. The van der Waals surface area contributed by atoms with Gasteiger partial charge in [0, 0.05) is 11.4 Å². The Morgan fingerprint density at radius 2 is 2.33 bits per heavy atom. The molecule has 0 aromatic heterocycles. The number of carboxylic acid groups (broad SMARTS) is 1. The monoisotopic (exact) mass is 310 g/mol. The van der Waals surface area contributed by atoms with Gasteiger partial charge in [-0.25, -0.2) is 4.79 Å². The lowest BCUT2D eigenvalue weighted by molar-refractivity contribution is -0.146. The second-order valence-electron chi connectivity index (χ2n) is 3.77. The molecule has 100 valence electrons. The van der Waals surface area contributed by atoms with Crippen LogP contribution in [0.4, 0.5) is 0 Å². The third-order valence-electron chi connectivity index (χ3n) is 2.60. The molecule has 5 nitrogen and oxygen atoms in total. The minimum Gasteiger partial charge on any atom is -0.477 e. The molecule has 1 unspecified atom stereocenters. The first-order chi connectivity index (χ1) is 8.04. The molecule has 2 heterocycles. The second-order valence-corrected chi connectivity index (χ2v) is 5.20. The topological polar surface area (TPSA) is 83.6 Å². The quantitative estimate of drug-likeness (QED) is 0.603. The first-order valence-corrected chi connectivity index (χ1v) is 6.55. The van der Waals surface area contributed by atoms with Gasteiger partial charge in [0.25, 0.3) is 0 Å². The van der Waals surface area contributed by atoms with Gasteiger partial charge in [0.15, 0.2) is 0 Å². The Bertz CT molecular complexity index is 450. The molecule has 0 spiro atoms. The number of halogens is 2. The summed E-state index contributed by atoms with van der Waals surface area (Å²) in [6.45, 7) is 0. The van der Waals surface area contributed by atoms with Gasteiger partial charge < -0.3 is 10.8 Å². The lowest BCUT2D eigenvalue weighted by Crippen LogP contribution is -2.53. The molecule has 2 aliphatic rings. The number of β-lactam (4-membered cyclic amide) rings is 1. The number of hydrogen-bond donors (Lipinski definition) is 2. The Morgan fingerprint density at radius 3 is 2.83 bits per heavy atom. The van der Waals surface area contributed by atoms with E-state index < -0.39 is 5.97 Å². The van der Waals surface area contributed by atoms with Crippen LogP contribution in [0.1, 0.15) is 6.42 Å². The summed E-state index contributed by atoms with van der Waals surface area (Å²) in [4.78, 5) is 23.9. The van der Waals surface area contributed by atoms with E-state index in [0.29, 0.717) is 23.4 Å². The summed E-state index contributed by atoms with van der Waals surface area (Å²) in [5.74, 6) is -0.585. The molecular formula is C10H12Cl2N2O3S. The van der Waals surface area contributed by atoms with Gasteiger partial charge in [-0.1, -0.05) is 0 Å². The number of allylic oxidation sites excluding steroid dienone is 2. The number of fused-ring (bicyclic) bond motifs is 1. The summed E-state index contributed by atoms with van der Waals surface area (Å²) >= 11 is 7.09. The molecular weight excluding hydrogens is 299 g/mol. The SMILES string of the molecule is Cl.N/C(=C\C1=C(C(=O)O)N2C(=O)CC2SC1)CCl.